The monoisotopic (exact) mass is 301 g/mol. The first-order valence-corrected chi connectivity index (χ1v) is 7.74. The molecule has 22 heavy (non-hydrogen) atoms. The number of hydrogen-bond donors (Lipinski definition) is 0. The second-order valence-corrected chi connectivity index (χ2v) is 6.01. The number of hydrogen-bond acceptors (Lipinski definition) is 4. The van der Waals surface area contributed by atoms with Gasteiger partial charge in [-0.15, -0.1) is 0 Å². The predicted molar refractivity (Wildman–Crippen MR) is 87.2 cm³/mol. The fourth-order valence-corrected chi connectivity index (χ4v) is 2.91. The predicted octanol–water partition coefficient (Wildman–Crippen LogP) is 1.48. The SMILES string of the molecule is C=C(C(=O)N1CCOc2ccc(C)cc21)N1CCN(C)CC1. The standard InChI is InChI=1S/C17H23N3O2/c1-13-4-5-16-15(12-13)20(10-11-22-16)17(21)14(2)19-8-6-18(3)7-9-19/h4-5,12H,2,6-11H2,1,3H3. The van der Waals surface area contributed by atoms with Gasteiger partial charge in [0.05, 0.1) is 17.9 Å². The Balaban J connectivity index is 1.78. The van der Waals surface area contributed by atoms with Crippen LogP contribution in [0.15, 0.2) is 30.5 Å². The van der Waals surface area contributed by atoms with E-state index in [4.69, 9.17) is 4.74 Å². The first-order valence-electron chi connectivity index (χ1n) is 7.74. The number of anilines is 1. The molecule has 0 spiro atoms. The van der Waals surface area contributed by atoms with Crippen molar-refractivity contribution in [3.05, 3.63) is 36.0 Å². The molecule has 0 unspecified atom stereocenters. The second-order valence-electron chi connectivity index (χ2n) is 6.01. The molecule has 1 fully saturated rings. The molecule has 2 aliphatic heterocycles. The minimum absolute atomic E-state index is 0.0142. The Bertz CT molecular complexity index is 592. The molecule has 0 N–H and O–H groups in total. The van der Waals surface area contributed by atoms with Gasteiger partial charge in [-0.25, -0.2) is 0 Å². The molecule has 5 heteroatoms. The Hall–Kier alpha value is -2.01. The Morgan fingerprint density at radius 1 is 1.18 bits per heavy atom. The van der Waals surface area contributed by atoms with E-state index in [1.807, 2.05) is 25.1 Å². The van der Waals surface area contributed by atoms with Crippen molar-refractivity contribution >= 4 is 11.6 Å². The van der Waals surface area contributed by atoms with E-state index in [0.717, 1.165) is 43.2 Å². The first-order chi connectivity index (χ1) is 10.6. The summed E-state index contributed by atoms with van der Waals surface area (Å²) in [4.78, 5) is 19.0. The van der Waals surface area contributed by atoms with Crippen LogP contribution >= 0.6 is 0 Å². The molecule has 118 valence electrons. The van der Waals surface area contributed by atoms with E-state index in [9.17, 15) is 4.79 Å². The van der Waals surface area contributed by atoms with Crippen LogP contribution in [0.3, 0.4) is 0 Å². The number of carbonyl (C=O) groups excluding carboxylic acids is 1. The summed E-state index contributed by atoms with van der Waals surface area (Å²) in [6.07, 6.45) is 0. The van der Waals surface area contributed by atoms with Gasteiger partial charge in [-0.2, -0.15) is 0 Å². The normalized spacial score (nSPS) is 18.6. The maximum Gasteiger partial charge on any atom is 0.274 e. The van der Waals surface area contributed by atoms with Crippen molar-refractivity contribution in [2.24, 2.45) is 0 Å². The highest BCUT2D eigenvalue weighted by atomic mass is 16.5. The number of ether oxygens (including phenoxy) is 1. The summed E-state index contributed by atoms with van der Waals surface area (Å²) in [6, 6.07) is 5.94. The minimum atomic E-state index is -0.0142. The largest absolute Gasteiger partial charge is 0.490 e. The zero-order chi connectivity index (χ0) is 15.7. The number of benzene rings is 1. The van der Waals surface area contributed by atoms with Gasteiger partial charge in [0.1, 0.15) is 12.4 Å². The van der Waals surface area contributed by atoms with Crippen LogP contribution in [-0.4, -0.2) is 62.1 Å². The Morgan fingerprint density at radius 2 is 1.91 bits per heavy atom. The highest BCUT2D eigenvalue weighted by Crippen LogP contribution is 2.33. The summed E-state index contributed by atoms with van der Waals surface area (Å²) >= 11 is 0. The maximum atomic E-state index is 12.9. The van der Waals surface area contributed by atoms with Crippen molar-refractivity contribution in [3.63, 3.8) is 0 Å². The van der Waals surface area contributed by atoms with E-state index in [1.165, 1.54) is 0 Å². The number of aryl methyl sites for hydroxylation is 1. The lowest BCUT2D eigenvalue weighted by Crippen LogP contribution is -2.48. The van der Waals surface area contributed by atoms with Gasteiger partial charge in [0, 0.05) is 26.2 Å². The maximum absolute atomic E-state index is 12.9. The average molecular weight is 301 g/mol. The van der Waals surface area contributed by atoms with Crippen LogP contribution in [0.5, 0.6) is 5.75 Å². The van der Waals surface area contributed by atoms with E-state index < -0.39 is 0 Å². The van der Waals surface area contributed by atoms with Gasteiger partial charge in [0.15, 0.2) is 0 Å². The first kappa shape index (κ1) is 14.9. The molecule has 2 heterocycles. The lowest BCUT2D eigenvalue weighted by Gasteiger charge is -2.37. The number of rotatable bonds is 2. The quantitative estimate of drug-likeness (QED) is 0.775. The molecule has 0 atom stereocenters. The molecule has 0 saturated carbocycles. The fraction of sp³-hybridized carbons (Fsp3) is 0.471. The third kappa shape index (κ3) is 2.81. The molecule has 3 rings (SSSR count). The number of nitrogens with zero attached hydrogens (tertiary/aromatic N) is 3. The number of piperazine rings is 1. The lowest BCUT2D eigenvalue weighted by atomic mass is 10.1. The third-order valence-corrected chi connectivity index (χ3v) is 4.35. The van der Waals surface area contributed by atoms with Crippen molar-refractivity contribution in [3.8, 4) is 5.75 Å². The van der Waals surface area contributed by atoms with Gasteiger partial charge in [0.25, 0.3) is 5.91 Å². The summed E-state index contributed by atoms with van der Waals surface area (Å²) < 4.78 is 5.65. The molecule has 0 bridgehead atoms. The summed E-state index contributed by atoms with van der Waals surface area (Å²) in [5.41, 5.74) is 2.56. The van der Waals surface area contributed by atoms with Crippen LogP contribution in [-0.2, 0) is 4.79 Å². The minimum Gasteiger partial charge on any atom is -0.490 e. The topological polar surface area (TPSA) is 36.0 Å². The van der Waals surface area contributed by atoms with Crippen molar-refractivity contribution < 1.29 is 9.53 Å². The number of amides is 1. The summed E-state index contributed by atoms with van der Waals surface area (Å²) in [6.45, 7) is 10.8. The van der Waals surface area contributed by atoms with Gasteiger partial charge in [0.2, 0.25) is 0 Å². The smallest absolute Gasteiger partial charge is 0.274 e. The molecule has 0 aromatic heterocycles. The van der Waals surface area contributed by atoms with Crippen LogP contribution < -0.4 is 9.64 Å². The molecule has 1 aromatic carbocycles. The van der Waals surface area contributed by atoms with Gasteiger partial charge < -0.3 is 19.4 Å². The number of carbonyl (C=O) groups is 1. The zero-order valence-corrected chi connectivity index (χ0v) is 13.3. The highest BCUT2D eigenvalue weighted by Gasteiger charge is 2.28. The molecule has 1 aromatic rings. The van der Waals surface area contributed by atoms with E-state index >= 15 is 0 Å². The Kier molecular flexibility index (Phi) is 4.07. The van der Waals surface area contributed by atoms with E-state index in [0.29, 0.717) is 18.8 Å². The number of fused-ring (bicyclic) bond motifs is 1. The highest BCUT2D eigenvalue weighted by molar-refractivity contribution is 6.06. The van der Waals surface area contributed by atoms with Crippen LogP contribution in [0, 0.1) is 6.92 Å². The van der Waals surface area contributed by atoms with Crippen molar-refractivity contribution in [2.45, 2.75) is 6.92 Å². The van der Waals surface area contributed by atoms with Crippen LogP contribution in [0.2, 0.25) is 0 Å². The van der Waals surface area contributed by atoms with Crippen LogP contribution in [0.1, 0.15) is 5.56 Å². The van der Waals surface area contributed by atoms with Gasteiger partial charge in [-0.05, 0) is 31.7 Å². The third-order valence-electron chi connectivity index (χ3n) is 4.35. The summed E-state index contributed by atoms with van der Waals surface area (Å²) in [7, 11) is 2.10. The van der Waals surface area contributed by atoms with Gasteiger partial charge >= 0.3 is 0 Å². The average Bonchev–Trinajstić information content (AvgIpc) is 2.53. The number of likely N-dealkylation sites (N-methyl/N-ethyl adjacent to an activating group) is 1. The Labute approximate surface area is 131 Å². The second kappa shape index (κ2) is 6.01. The zero-order valence-electron chi connectivity index (χ0n) is 13.3. The van der Waals surface area contributed by atoms with Crippen LogP contribution in [0.25, 0.3) is 0 Å². The van der Waals surface area contributed by atoms with Gasteiger partial charge in [-0.3, -0.25) is 4.79 Å². The molecule has 1 amide bonds. The summed E-state index contributed by atoms with van der Waals surface area (Å²) in [5.74, 6) is 0.760. The van der Waals surface area contributed by atoms with Crippen molar-refractivity contribution in [1.29, 1.82) is 0 Å². The molecular weight excluding hydrogens is 278 g/mol. The van der Waals surface area contributed by atoms with Gasteiger partial charge in [-0.1, -0.05) is 12.6 Å². The molecule has 0 aliphatic carbocycles. The molecular formula is C17H23N3O2. The van der Waals surface area contributed by atoms with Crippen molar-refractivity contribution in [2.75, 3.05) is 51.3 Å². The molecule has 2 aliphatic rings. The van der Waals surface area contributed by atoms with E-state index in [2.05, 4.69) is 23.4 Å². The Morgan fingerprint density at radius 3 is 2.64 bits per heavy atom. The molecule has 1 saturated heterocycles. The molecule has 0 radical (unpaired) electrons. The lowest BCUT2D eigenvalue weighted by molar-refractivity contribution is -0.117. The van der Waals surface area contributed by atoms with E-state index in [1.54, 1.807) is 4.90 Å². The molecule has 5 nitrogen and oxygen atoms in total. The van der Waals surface area contributed by atoms with E-state index in [-0.39, 0.29) is 5.91 Å². The van der Waals surface area contributed by atoms with Crippen molar-refractivity contribution in [1.82, 2.24) is 9.80 Å². The summed E-state index contributed by atoms with van der Waals surface area (Å²) in [5, 5.41) is 0. The van der Waals surface area contributed by atoms with Crippen LogP contribution in [0.4, 0.5) is 5.69 Å². The fourth-order valence-electron chi connectivity index (χ4n) is 2.91.